The predicted octanol–water partition coefficient (Wildman–Crippen LogP) is 4.82. The number of carboxylic acid groups (broad SMARTS) is 1. The van der Waals surface area contributed by atoms with Crippen LogP contribution in [0.25, 0.3) is 0 Å². The molecule has 2 rings (SSSR count). The van der Waals surface area contributed by atoms with Crippen LogP contribution in [0.5, 0.6) is 5.75 Å². The van der Waals surface area contributed by atoms with Crippen molar-refractivity contribution in [1.82, 2.24) is 10.9 Å². The highest BCUT2D eigenvalue weighted by atomic mass is 19.4. The number of nitrogen functional groups attached to an aromatic ring is 1. The highest BCUT2D eigenvalue weighted by Crippen LogP contribution is 2.29. The van der Waals surface area contributed by atoms with Crippen LogP contribution >= 0.6 is 0 Å². The van der Waals surface area contributed by atoms with Gasteiger partial charge in [0.25, 0.3) is 5.91 Å². The second-order valence-electron chi connectivity index (χ2n) is 8.13. The summed E-state index contributed by atoms with van der Waals surface area (Å²) in [6, 6.07) is 10.1. The standard InChI is InChI=1S/C26H31N5O2.C2HF3O2/c1-6-9-21(8-3)30-31-26(32)23(29-22-12-10-19(11-13-22)25(27)28)20-15-17(4)24(18(5)16-20)33-14-7-2;3-2(4,5)1(6)7/h6-13,15-16,23,29-30H,1-3,14H2,4-5H3,(H3,27,28)(H,31,32);(H,6,7)/b21-9+;. The van der Waals surface area contributed by atoms with E-state index in [9.17, 15) is 18.0 Å². The summed E-state index contributed by atoms with van der Waals surface area (Å²) in [5.74, 6) is -2.31. The molecule has 2 aromatic carbocycles. The maximum atomic E-state index is 13.2. The number of anilines is 1. The molecule has 214 valence electrons. The van der Waals surface area contributed by atoms with E-state index in [1.165, 1.54) is 0 Å². The Balaban J connectivity index is 0.00000101. The summed E-state index contributed by atoms with van der Waals surface area (Å²) in [6.45, 7) is 15.3. The Morgan fingerprint density at radius 2 is 1.65 bits per heavy atom. The van der Waals surface area contributed by atoms with E-state index in [0.717, 1.165) is 22.4 Å². The fourth-order valence-corrected chi connectivity index (χ4v) is 3.23. The van der Waals surface area contributed by atoms with Crippen molar-refractivity contribution in [3.63, 3.8) is 0 Å². The van der Waals surface area contributed by atoms with E-state index < -0.39 is 18.2 Å². The van der Waals surface area contributed by atoms with Crippen molar-refractivity contribution in [3.8, 4) is 5.75 Å². The van der Waals surface area contributed by atoms with Crippen molar-refractivity contribution >= 4 is 23.4 Å². The van der Waals surface area contributed by atoms with Crippen LogP contribution in [0, 0.1) is 19.3 Å². The van der Waals surface area contributed by atoms with Crippen molar-refractivity contribution < 1.29 is 32.6 Å². The zero-order valence-corrected chi connectivity index (χ0v) is 22.1. The second-order valence-corrected chi connectivity index (χ2v) is 8.13. The van der Waals surface area contributed by atoms with Gasteiger partial charge < -0.3 is 20.9 Å². The third-order valence-corrected chi connectivity index (χ3v) is 5.02. The summed E-state index contributed by atoms with van der Waals surface area (Å²) in [5.41, 5.74) is 15.6. The van der Waals surface area contributed by atoms with Gasteiger partial charge in [0.2, 0.25) is 0 Å². The Bertz CT molecular complexity index is 1250. The van der Waals surface area contributed by atoms with Gasteiger partial charge in [-0.3, -0.25) is 21.1 Å². The number of rotatable bonds is 12. The first kappa shape index (κ1) is 33.0. The van der Waals surface area contributed by atoms with E-state index in [1.54, 1.807) is 48.6 Å². The summed E-state index contributed by atoms with van der Waals surface area (Å²) >= 11 is 0. The zero-order chi connectivity index (χ0) is 30.5. The number of halogens is 3. The smallest absolute Gasteiger partial charge is 0.489 e. The number of carbonyl (C=O) groups excluding carboxylic acids is 1. The van der Waals surface area contributed by atoms with Crippen molar-refractivity contribution in [2.24, 2.45) is 5.73 Å². The number of aliphatic carboxylic acids is 1. The first-order valence-corrected chi connectivity index (χ1v) is 11.6. The van der Waals surface area contributed by atoms with Crippen LogP contribution in [0.2, 0.25) is 0 Å². The Hall–Kier alpha value is -5.00. The molecule has 0 aliphatic rings. The number of carboxylic acids is 1. The average molecular weight is 560 g/mol. The number of hydrogen-bond acceptors (Lipinski definition) is 6. The van der Waals surface area contributed by atoms with Crippen LogP contribution in [-0.2, 0) is 9.59 Å². The SMILES string of the molecule is C=C/C=C(\C=C)NNC(=O)C(Nc1ccc(C(=N)N)cc1)c1cc(C)c(OCC=C)c(C)c1.O=C(O)C(F)(F)F. The van der Waals surface area contributed by atoms with Crippen LogP contribution < -0.4 is 26.6 Å². The van der Waals surface area contributed by atoms with E-state index in [2.05, 4.69) is 35.9 Å². The van der Waals surface area contributed by atoms with E-state index >= 15 is 0 Å². The van der Waals surface area contributed by atoms with E-state index in [1.807, 2.05) is 26.0 Å². The number of allylic oxidation sites excluding steroid dienone is 3. The van der Waals surface area contributed by atoms with Gasteiger partial charge in [0.15, 0.2) is 0 Å². The van der Waals surface area contributed by atoms with Gasteiger partial charge in [-0.2, -0.15) is 13.2 Å². The van der Waals surface area contributed by atoms with Gasteiger partial charge in [-0.1, -0.05) is 31.9 Å². The molecule has 0 aromatic heterocycles. The van der Waals surface area contributed by atoms with Crippen molar-refractivity contribution in [2.45, 2.75) is 26.1 Å². The Kier molecular flexibility index (Phi) is 12.7. The molecule has 40 heavy (non-hydrogen) atoms. The molecular weight excluding hydrogens is 527 g/mol. The lowest BCUT2D eigenvalue weighted by Gasteiger charge is -2.23. The van der Waals surface area contributed by atoms with Crippen molar-refractivity contribution in [2.75, 3.05) is 11.9 Å². The monoisotopic (exact) mass is 559 g/mol. The summed E-state index contributed by atoms with van der Waals surface area (Å²) in [5, 5.41) is 18.0. The van der Waals surface area contributed by atoms with Gasteiger partial charge in [-0.05, 0) is 79.1 Å². The molecule has 7 N–H and O–H groups in total. The van der Waals surface area contributed by atoms with E-state index in [-0.39, 0.29) is 11.7 Å². The molecule has 0 spiro atoms. The molecule has 2 aromatic rings. The lowest BCUT2D eigenvalue weighted by Crippen LogP contribution is -2.41. The number of hydrazine groups is 1. The molecule has 0 saturated heterocycles. The minimum Gasteiger partial charge on any atom is -0.489 e. The fraction of sp³-hybridized carbons (Fsp3) is 0.179. The number of amidine groups is 1. The first-order valence-electron chi connectivity index (χ1n) is 11.6. The molecule has 1 amide bonds. The molecule has 0 radical (unpaired) electrons. The summed E-state index contributed by atoms with van der Waals surface area (Å²) in [7, 11) is 0. The summed E-state index contributed by atoms with van der Waals surface area (Å²) in [6.07, 6.45) is 1.47. The maximum absolute atomic E-state index is 13.2. The number of aryl methyl sites for hydroxylation is 2. The predicted molar refractivity (Wildman–Crippen MR) is 149 cm³/mol. The maximum Gasteiger partial charge on any atom is 0.490 e. The van der Waals surface area contributed by atoms with Gasteiger partial charge in [-0.25, -0.2) is 4.79 Å². The topological polar surface area (TPSA) is 150 Å². The molecule has 0 saturated carbocycles. The quantitative estimate of drug-likeness (QED) is 0.0718. The number of amides is 1. The van der Waals surface area contributed by atoms with Crippen molar-refractivity contribution in [3.05, 3.63) is 108 Å². The average Bonchev–Trinajstić information content (AvgIpc) is 2.89. The lowest BCUT2D eigenvalue weighted by atomic mass is 9.99. The highest BCUT2D eigenvalue weighted by molar-refractivity contribution is 5.95. The van der Waals surface area contributed by atoms with Crippen molar-refractivity contribution in [1.29, 1.82) is 5.41 Å². The van der Waals surface area contributed by atoms with Gasteiger partial charge in [0.1, 0.15) is 24.2 Å². The Labute approximate surface area is 230 Å². The zero-order valence-electron chi connectivity index (χ0n) is 22.1. The molecule has 0 heterocycles. The Morgan fingerprint density at radius 3 is 2.08 bits per heavy atom. The third kappa shape index (κ3) is 10.4. The molecule has 9 nitrogen and oxygen atoms in total. The summed E-state index contributed by atoms with van der Waals surface area (Å²) in [4.78, 5) is 22.1. The number of ether oxygens (including phenoxy) is 1. The number of hydrogen-bond donors (Lipinski definition) is 6. The van der Waals surface area contributed by atoms with Crippen LogP contribution in [0.3, 0.4) is 0 Å². The van der Waals surface area contributed by atoms with Gasteiger partial charge in [-0.15, -0.1) is 0 Å². The fourth-order valence-electron chi connectivity index (χ4n) is 3.23. The molecule has 0 aliphatic heterocycles. The third-order valence-electron chi connectivity index (χ3n) is 5.02. The summed E-state index contributed by atoms with van der Waals surface area (Å²) < 4.78 is 37.5. The molecule has 12 heteroatoms. The minimum atomic E-state index is -5.08. The second kappa shape index (κ2) is 15.4. The number of alkyl halides is 3. The molecule has 0 aliphatic carbocycles. The number of benzene rings is 2. The molecule has 1 atom stereocenters. The van der Waals surface area contributed by atoms with E-state index in [0.29, 0.717) is 23.6 Å². The molecule has 0 bridgehead atoms. The highest BCUT2D eigenvalue weighted by Gasteiger charge is 2.38. The van der Waals surface area contributed by atoms with Crippen LogP contribution in [0.15, 0.2) is 86.1 Å². The van der Waals surface area contributed by atoms with Crippen LogP contribution in [-0.4, -0.2) is 35.6 Å². The lowest BCUT2D eigenvalue weighted by molar-refractivity contribution is -0.192. The van der Waals surface area contributed by atoms with E-state index in [4.69, 9.17) is 25.8 Å². The van der Waals surface area contributed by atoms with Crippen LogP contribution in [0.4, 0.5) is 18.9 Å². The molecular formula is C28H32F3N5O4. The number of nitrogens with two attached hydrogens (primary N) is 1. The number of carbonyl (C=O) groups is 2. The van der Waals surface area contributed by atoms with Gasteiger partial charge >= 0.3 is 12.1 Å². The molecule has 0 fully saturated rings. The normalized spacial score (nSPS) is 11.6. The minimum absolute atomic E-state index is 0.0210. The van der Waals surface area contributed by atoms with Gasteiger partial charge in [0, 0.05) is 11.3 Å². The Morgan fingerprint density at radius 1 is 1.10 bits per heavy atom. The molecule has 1 unspecified atom stereocenters. The number of nitrogens with one attached hydrogen (secondary N) is 4. The van der Waals surface area contributed by atoms with Crippen LogP contribution in [0.1, 0.15) is 28.3 Å². The van der Waals surface area contributed by atoms with Gasteiger partial charge in [0.05, 0.1) is 5.70 Å². The first-order chi connectivity index (χ1) is 18.7. The largest absolute Gasteiger partial charge is 0.490 e.